The topological polar surface area (TPSA) is 72.8 Å². The Morgan fingerprint density at radius 1 is 1.25 bits per heavy atom. The Morgan fingerprint density at radius 2 is 1.96 bits per heavy atom. The number of nitrogens with one attached hydrogen (secondary N) is 1. The lowest BCUT2D eigenvalue weighted by molar-refractivity contribution is -0.140. The molecular formula is C18H18F3N3O3S. The lowest BCUT2D eigenvalue weighted by atomic mass is 10.0. The number of oxime groups is 1. The Labute approximate surface area is 164 Å². The maximum absolute atomic E-state index is 13.0. The minimum atomic E-state index is -4.49. The molecule has 0 bridgehead atoms. The molecule has 1 heterocycles. The second-order valence-electron chi connectivity index (χ2n) is 5.35. The van der Waals surface area contributed by atoms with Crippen molar-refractivity contribution >= 4 is 23.4 Å². The number of likely N-dealkylation sites (N-methyl/N-ethyl adjacent to an activating group) is 1. The molecule has 150 valence electrons. The molecule has 0 aliphatic heterocycles. The fourth-order valence-electron chi connectivity index (χ4n) is 2.33. The number of pyridine rings is 1. The number of alkyl halides is 3. The zero-order valence-electron chi connectivity index (χ0n) is 15.3. The number of amides is 1. The third-order valence-electron chi connectivity index (χ3n) is 3.61. The van der Waals surface area contributed by atoms with Crippen LogP contribution in [0, 0.1) is 0 Å². The third-order valence-corrected chi connectivity index (χ3v) is 4.30. The van der Waals surface area contributed by atoms with Crippen LogP contribution >= 0.6 is 11.8 Å². The van der Waals surface area contributed by atoms with Gasteiger partial charge in [0.2, 0.25) is 5.88 Å². The van der Waals surface area contributed by atoms with Crippen LogP contribution in [0.1, 0.15) is 16.7 Å². The quantitative estimate of drug-likeness (QED) is 0.427. The highest BCUT2D eigenvalue weighted by Gasteiger charge is 2.34. The summed E-state index contributed by atoms with van der Waals surface area (Å²) in [6.45, 7) is -0.0257. The Balaban J connectivity index is 2.29. The molecule has 0 aliphatic carbocycles. The van der Waals surface area contributed by atoms with Gasteiger partial charge in [-0.25, -0.2) is 4.98 Å². The van der Waals surface area contributed by atoms with Crippen molar-refractivity contribution in [3.63, 3.8) is 0 Å². The van der Waals surface area contributed by atoms with Crippen LogP contribution in [0.15, 0.2) is 46.6 Å². The zero-order chi connectivity index (χ0) is 20.7. The van der Waals surface area contributed by atoms with Gasteiger partial charge in [0.15, 0.2) is 5.71 Å². The molecule has 28 heavy (non-hydrogen) atoms. The van der Waals surface area contributed by atoms with Crippen LogP contribution in [0.2, 0.25) is 0 Å². The van der Waals surface area contributed by atoms with Crippen LogP contribution in [0.5, 0.6) is 5.88 Å². The minimum absolute atomic E-state index is 0.0257. The second-order valence-corrected chi connectivity index (χ2v) is 6.15. The van der Waals surface area contributed by atoms with Crippen LogP contribution in [0.4, 0.5) is 13.2 Å². The van der Waals surface area contributed by atoms with Crippen LogP contribution < -0.4 is 10.1 Å². The molecule has 1 aromatic carbocycles. The maximum atomic E-state index is 13.0. The van der Waals surface area contributed by atoms with Gasteiger partial charge >= 0.3 is 6.18 Å². The van der Waals surface area contributed by atoms with E-state index in [0.717, 1.165) is 23.9 Å². The Hall–Kier alpha value is -2.75. The molecule has 0 atom stereocenters. The van der Waals surface area contributed by atoms with Crippen molar-refractivity contribution < 1.29 is 27.5 Å². The van der Waals surface area contributed by atoms with Crippen molar-refractivity contribution in [1.29, 1.82) is 0 Å². The first-order valence-corrected chi connectivity index (χ1v) is 9.20. The van der Waals surface area contributed by atoms with E-state index in [1.807, 2.05) is 0 Å². The Bertz CT molecular complexity index is 873. The van der Waals surface area contributed by atoms with Gasteiger partial charge in [-0.15, -0.1) is 11.8 Å². The second kappa shape index (κ2) is 9.45. The Kier molecular flexibility index (Phi) is 7.27. The molecule has 0 fully saturated rings. The zero-order valence-corrected chi connectivity index (χ0v) is 16.1. The largest absolute Gasteiger partial charge is 0.473 e. The van der Waals surface area contributed by atoms with Crippen molar-refractivity contribution in [2.45, 2.75) is 17.8 Å². The number of nitrogens with zero attached hydrogens (tertiary/aromatic N) is 2. The van der Waals surface area contributed by atoms with Gasteiger partial charge in [-0.3, -0.25) is 4.79 Å². The van der Waals surface area contributed by atoms with Crippen molar-refractivity contribution in [3.8, 4) is 5.88 Å². The molecule has 0 saturated heterocycles. The van der Waals surface area contributed by atoms with Gasteiger partial charge in [-0.2, -0.15) is 13.2 Å². The molecule has 0 saturated carbocycles. The van der Waals surface area contributed by atoms with Crippen LogP contribution in [0.25, 0.3) is 0 Å². The van der Waals surface area contributed by atoms with E-state index in [2.05, 4.69) is 15.5 Å². The first-order chi connectivity index (χ1) is 13.3. The molecule has 0 radical (unpaired) electrons. The van der Waals surface area contributed by atoms with Crippen molar-refractivity contribution in [3.05, 3.63) is 53.1 Å². The summed E-state index contributed by atoms with van der Waals surface area (Å²) >= 11 is 0.880. The van der Waals surface area contributed by atoms with Crippen molar-refractivity contribution in [2.75, 3.05) is 20.4 Å². The molecule has 1 amide bonds. The highest BCUT2D eigenvalue weighted by molar-refractivity contribution is 7.98. The lowest BCUT2D eigenvalue weighted by Crippen LogP contribution is -2.29. The van der Waals surface area contributed by atoms with Crippen molar-refractivity contribution in [2.24, 2.45) is 5.16 Å². The van der Waals surface area contributed by atoms with Gasteiger partial charge in [-0.1, -0.05) is 29.4 Å². The number of aromatic nitrogens is 1. The van der Waals surface area contributed by atoms with Gasteiger partial charge in [0.25, 0.3) is 5.91 Å². The van der Waals surface area contributed by atoms with Gasteiger partial charge in [0, 0.05) is 18.7 Å². The van der Waals surface area contributed by atoms with Crippen molar-refractivity contribution in [1.82, 2.24) is 10.3 Å². The van der Waals surface area contributed by atoms with Crippen LogP contribution in [-0.2, 0) is 22.4 Å². The number of rotatable bonds is 7. The molecule has 6 nitrogen and oxygen atoms in total. The van der Waals surface area contributed by atoms with E-state index >= 15 is 0 Å². The maximum Gasteiger partial charge on any atom is 0.419 e. The van der Waals surface area contributed by atoms with Gasteiger partial charge in [0.05, 0.1) is 5.56 Å². The minimum Gasteiger partial charge on any atom is -0.473 e. The summed E-state index contributed by atoms with van der Waals surface area (Å²) in [5, 5.41) is 6.05. The van der Waals surface area contributed by atoms with Gasteiger partial charge < -0.3 is 14.9 Å². The van der Waals surface area contributed by atoms with Gasteiger partial charge in [-0.05, 0) is 17.9 Å². The fraction of sp³-hybridized carbons (Fsp3) is 0.278. The summed E-state index contributed by atoms with van der Waals surface area (Å²) in [5.41, 5.74) is 0.297. The number of thioether (sulfide) groups is 1. The highest BCUT2D eigenvalue weighted by Crippen LogP contribution is 2.36. The van der Waals surface area contributed by atoms with Crippen LogP contribution in [-0.4, -0.2) is 37.0 Å². The lowest BCUT2D eigenvalue weighted by Gasteiger charge is -2.14. The third kappa shape index (κ3) is 5.16. The molecular weight excluding hydrogens is 395 g/mol. The van der Waals surface area contributed by atoms with E-state index in [-0.39, 0.29) is 23.2 Å². The number of ether oxygens (including phenoxy) is 1. The predicted molar refractivity (Wildman–Crippen MR) is 99.4 cm³/mol. The van der Waals surface area contributed by atoms with E-state index in [9.17, 15) is 18.0 Å². The van der Waals surface area contributed by atoms with E-state index in [1.54, 1.807) is 24.3 Å². The molecule has 2 rings (SSSR count). The van der Waals surface area contributed by atoms with Gasteiger partial charge in [0.1, 0.15) is 18.7 Å². The smallest absolute Gasteiger partial charge is 0.419 e. The molecule has 0 unspecified atom stereocenters. The normalized spacial score (nSPS) is 11.9. The SMILES string of the molecule is CNC(=O)C(=NOC)c1ccccc1COc1ccc(C(F)(F)F)c(SC)n1. The first-order valence-electron chi connectivity index (χ1n) is 7.98. The summed E-state index contributed by atoms with van der Waals surface area (Å²) in [5.74, 6) is -0.413. The summed E-state index contributed by atoms with van der Waals surface area (Å²) in [7, 11) is 2.78. The van der Waals surface area contributed by atoms with E-state index in [4.69, 9.17) is 9.57 Å². The molecule has 1 aromatic heterocycles. The summed E-state index contributed by atoms with van der Waals surface area (Å²) in [4.78, 5) is 20.7. The molecule has 10 heteroatoms. The summed E-state index contributed by atoms with van der Waals surface area (Å²) < 4.78 is 44.5. The molecule has 0 aliphatic rings. The first kappa shape index (κ1) is 21.5. The van der Waals surface area contributed by atoms with E-state index < -0.39 is 17.6 Å². The monoisotopic (exact) mass is 413 g/mol. The summed E-state index contributed by atoms with van der Waals surface area (Å²) in [6, 6.07) is 8.93. The molecule has 0 spiro atoms. The number of carbonyl (C=O) groups excluding carboxylic acids is 1. The molecule has 1 N–H and O–H groups in total. The number of benzene rings is 1. The Morgan fingerprint density at radius 3 is 2.57 bits per heavy atom. The van der Waals surface area contributed by atoms with E-state index in [1.165, 1.54) is 20.4 Å². The predicted octanol–water partition coefficient (Wildman–Crippen LogP) is 3.50. The number of hydrogen-bond donors (Lipinski definition) is 1. The summed E-state index contributed by atoms with van der Waals surface area (Å²) in [6.07, 6.45) is -2.98. The average Bonchev–Trinajstić information content (AvgIpc) is 2.69. The van der Waals surface area contributed by atoms with E-state index in [0.29, 0.717) is 11.1 Å². The standard InChI is InChI=1S/C18H18F3N3O3S/c1-22-16(25)15(24-26-2)12-7-5-4-6-11(12)10-27-14-9-8-13(18(19,20)21)17(23-14)28-3/h4-9H,10H2,1-3H3,(H,22,25). The number of hydrogen-bond acceptors (Lipinski definition) is 6. The van der Waals surface area contributed by atoms with Crippen LogP contribution in [0.3, 0.4) is 0 Å². The average molecular weight is 413 g/mol. The number of halogens is 3. The molecule has 2 aromatic rings. The highest BCUT2D eigenvalue weighted by atomic mass is 32.2. The fourth-order valence-corrected chi connectivity index (χ4v) is 2.91. The number of carbonyl (C=O) groups is 1.